The van der Waals surface area contributed by atoms with E-state index < -0.39 is 12.1 Å². The molecule has 2 amide bonds. The average molecular weight is 422 g/mol. The molecule has 31 heavy (non-hydrogen) atoms. The molecule has 2 aliphatic rings. The van der Waals surface area contributed by atoms with Gasteiger partial charge in [0, 0.05) is 19.0 Å². The van der Waals surface area contributed by atoms with Gasteiger partial charge in [0.2, 0.25) is 5.91 Å². The molecule has 2 unspecified atom stereocenters. The molecule has 0 bridgehead atoms. The van der Waals surface area contributed by atoms with Crippen LogP contribution in [0, 0.1) is 11.8 Å². The van der Waals surface area contributed by atoms with E-state index >= 15 is 0 Å². The van der Waals surface area contributed by atoms with Crippen molar-refractivity contribution in [1.29, 1.82) is 0 Å². The lowest BCUT2D eigenvalue weighted by Gasteiger charge is -2.17. The fourth-order valence-corrected chi connectivity index (χ4v) is 4.64. The standard InChI is InChI=1S/C24H26N2O5/c1-15-12-26(13-16(15)10-23(28)29)22(27)11-25-24(30)31-14-21-19-8-4-2-6-17(19)18-7-3-5-9-20(18)21/h2-9,15-16,21H,10-14H2,1H3,(H,25,30)(H,28,29). The van der Waals surface area contributed by atoms with Gasteiger partial charge in [-0.2, -0.15) is 0 Å². The number of benzene rings is 2. The van der Waals surface area contributed by atoms with Crippen LogP contribution in [-0.2, 0) is 14.3 Å². The van der Waals surface area contributed by atoms with Crippen molar-refractivity contribution in [2.24, 2.45) is 11.8 Å². The highest BCUT2D eigenvalue weighted by Gasteiger charge is 2.34. The Hall–Kier alpha value is -3.35. The maximum Gasteiger partial charge on any atom is 0.407 e. The van der Waals surface area contributed by atoms with Crippen molar-refractivity contribution in [3.63, 3.8) is 0 Å². The largest absolute Gasteiger partial charge is 0.481 e. The molecule has 0 spiro atoms. The minimum Gasteiger partial charge on any atom is -0.481 e. The summed E-state index contributed by atoms with van der Waals surface area (Å²) >= 11 is 0. The normalized spacial score (nSPS) is 19.6. The van der Waals surface area contributed by atoms with Gasteiger partial charge in [0.15, 0.2) is 0 Å². The minimum atomic E-state index is -0.858. The number of rotatable bonds is 6. The number of aliphatic carboxylic acids is 1. The predicted octanol–water partition coefficient (Wildman–Crippen LogP) is 3.09. The van der Waals surface area contributed by atoms with Gasteiger partial charge in [-0.15, -0.1) is 0 Å². The van der Waals surface area contributed by atoms with Crippen molar-refractivity contribution in [2.75, 3.05) is 26.2 Å². The fraction of sp³-hybridized carbons (Fsp3) is 0.375. The first kappa shape index (κ1) is 20.9. The van der Waals surface area contributed by atoms with Crippen molar-refractivity contribution >= 4 is 18.0 Å². The van der Waals surface area contributed by atoms with Crippen molar-refractivity contribution in [3.05, 3.63) is 59.7 Å². The van der Waals surface area contributed by atoms with E-state index in [0.29, 0.717) is 13.1 Å². The van der Waals surface area contributed by atoms with Crippen LogP contribution in [0.2, 0.25) is 0 Å². The molecule has 0 aromatic heterocycles. The van der Waals surface area contributed by atoms with Crippen LogP contribution >= 0.6 is 0 Å². The van der Waals surface area contributed by atoms with E-state index in [4.69, 9.17) is 9.84 Å². The number of carbonyl (C=O) groups is 3. The third-order valence-electron chi connectivity index (χ3n) is 6.29. The summed E-state index contributed by atoms with van der Waals surface area (Å²) in [5.41, 5.74) is 4.56. The minimum absolute atomic E-state index is 0.0370. The van der Waals surface area contributed by atoms with Crippen LogP contribution in [0.5, 0.6) is 0 Å². The topological polar surface area (TPSA) is 95.9 Å². The monoisotopic (exact) mass is 422 g/mol. The Balaban J connectivity index is 1.30. The molecule has 7 heteroatoms. The molecule has 2 N–H and O–H groups in total. The Morgan fingerprint density at radius 2 is 1.65 bits per heavy atom. The van der Waals surface area contributed by atoms with E-state index in [0.717, 1.165) is 22.3 Å². The number of alkyl carbamates (subject to hydrolysis) is 1. The van der Waals surface area contributed by atoms with Gasteiger partial charge < -0.3 is 20.1 Å². The zero-order valence-corrected chi connectivity index (χ0v) is 17.4. The number of hydrogen-bond acceptors (Lipinski definition) is 4. The summed E-state index contributed by atoms with van der Waals surface area (Å²) in [4.78, 5) is 37.2. The van der Waals surface area contributed by atoms with E-state index in [1.807, 2.05) is 43.3 Å². The SMILES string of the molecule is CC1CN(C(=O)CNC(=O)OCC2c3ccccc3-c3ccccc32)CC1CC(=O)O. The lowest BCUT2D eigenvalue weighted by molar-refractivity contribution is -0.138. The Labute approximate surface area is 181 Å². The Morgan fingerprint density at radius 1 is 1.03 bits per heavy atom. The number of hydrogen-bond donors (Lipinski definition) is 2. The van der Waals surface area contributed by atoms with Crippen LogP contribution in [0.1, 0.15) is 30.4 Å². The Bertz CT molecular complexity index is 959. The molecule has 2 aromatic rings. The lowest BCUT2D eigenvalue weighted by atomic mass is 9.95. The fourth-order valence-electron chi connectivity index (χ4n) is 4.64. The average Bonchev–Trinajstić information content (AvgIpc) is 3.28. The predicted molar refractivity (Wildman–Crippen MR) is 115 cm³/mol. The third kappa shape index (κ3) is 4.40. The van der Waals surface area contributed by atoms with Crippen LogP contribution < -0.4 is 5.32 Å². The molecule has 1 fully saturated rings. The number of nitrogens with zero attached hydrogens (tertiary/aromatic N) is 1. The third-order valence-corrected chi connectivity index (χ3v) is 6.29. The summed E-state index contributed by atoms with van der Waals surface area (Å²) in [6.07, 6.45) is -0.588. The first-order valence-electron chi connectivity index (χ1n) is 10.5. The van der Waals surface area contributed by atoms with Gasteiger partial charge in [0.05, 0.1) is 6.42 Å². The second-order valence-corrected chi connectivity index (χ2v) is 8.31. The second kappa shape index (κ2) is 8.79. The molecule has 1 heterocycles. The Morgan fingerprint density at radius 3 is 2.26 bits per heavy atom. The summed E-state index contributed by atoms with van der Waals surface area (Å²) in [6, 6.07) is 16.2. The van der Waals surface area contributed by atoms with E-state index in [-0.39, 0.29) is 43.2 Å². The van der Waals surface area contributed by atoms with Gasteiger partial charge in [-0.3, -0.25) is 9.59 Å². The van der Waals surface area contributed by atoms with E-state index in [2.05, 4.69) is 17.4 Å². The molecule has 1 aliphatic heterocycles. The van der Waals surface area contributed by atoms with Crippen molar-refractivity contribution in [1.82, 2.24) is 10.2 Å². The highest BCUT2D eigenvalue weighted by Crippen LogP contribution is 2.44. The molecular weight excluding hydrogens is 396 g/mol. The van der Waals surface area contributed by atoms with Gasteiger partial charge in [-0.1, -0.05) is 55.5 Å². The number of carboxylic acids is 1. The number of carboxylic acid groups (broad SMARTS) is 1. The van der Waals surface area contributed by atoms with Crippen LogP contribution in [0.4, 0.5) is 4.79 Å². The van der Waals surface area contributed by atoms with Gasteiger partial charge in [-0.25, -0.2) is 4.79 Å². The number of fused-ring (bicyclic) bond motifs is 3. The molecule has 162 valence electrons. The Kier molecular flexibility index (Phi) is 5.93. The smallest absolute Gasteiger partial charge is 0.407 e. The van der Waals surface area contributed by atoms with Gasteiger partial charge in [-0.05, 0) is 34.1 Å². The van der Waals surface area contributed by atoms with Gasteiger partial charge in [0.25, 0.3) is 0 Å². The zero-order chi connectivity index (χ0) is 22.0. The number of amides is 2. The number of nitrogens with one attached hydrogen (secondary N) is 1. The van der Waals surface area contributed by atoms with Crippen molar-refractivity contribution < 1.29 is 24.2 Å². The molecular formula is C24H26N2O5. The molecule has 0 saturated carbocycles. The first-order chi connectivity index (χ1) is 14.9. The number of likely N-dealkylation sites (tertiary alicyclic amines) is 1. The molecule has 0 radical (unpaired) electrons. The van der Waals surface area contributed by atoms with Crippen molar-refractivity contribution in [3.8, 4) is 11.1 Å². The lowest BCUT2D eigenvalue weighted by Crippen LogP contribution is -2.39. The number of carbonyl (C=O) groups excluding carboxylic acids is 2. The first-order valence-corrected chi connectivity index (χ1v) is 10.5. The number of ether oxygens (including phenoxy) is 1. The molecule has 1 saturated heterocycles. The van der Waals surface area contributed by atoms with Crippen LogP contribution in [-0.4, -0.2) is 54.2 Å². The van der Waals surface area contributed by atoms with Gasteiger partial charge >= 0.3 is 12.1 Å². The summed E-state index contributed by atoms with van der Waals surface area (Å²) in [5, 5.41) is 11.5. The summed E-state index contributed by atoms with van der Waals surface area (Å²) in [7, 11) is 0. The maximum atomic E-state index is 12.4. The summed E-state index contributed by atoms with van der Waals surface area (Å²) in [6.45, 7) is 2.88. The molecule has 4 rings (SSSR count). The van der Waals surface area contributed by atoms with Crippen molar-refractivity contribution in [2.45, 2.75) is 19.3 Å². The quantitative estimate of drug-likeness (QED) is 0.746. The summed E-state index contributed by atoms with van der Waals surface area (Å²) < 4.78 is 5.45. The van der Waals surface area contributed by atoms with Crippen LogP contribution in [0.15, 0.2) is 48.5 Å². The van der Waals surface area contributed by atoms with E-state index in [1.54, 1.807) is 4.90 Å². The highest BCUT2D eigenvalue weighted by molar-refractivity contribution is 5.83. The zero-order valence-electron chi connectivity index (χ0n) is 17.4. The maximum absolute atomic E-state index is 12.4. The molecule has 7 nitrogen and oxygen atoms in total. The van der Waals surface area contributed by atoms with E-state index in [1.165, 1.54) is 0 Å². The van der Waals surface area contributed by atoms with E-state index in [9.17, 15) is 14.4 Å². The van der Waals surface area contributed by atoms with Crippen LogP contribution in [0.25, 0.3) is 11.1 Å². The molecule has 1 aliphatic carbocycles. The second-order valence-electron chi connectivity index (χ2n) is 8.31. The van der Waals surface area contributed by atoms with Crippen LogP contribution in [0.3, 0.4) is 0 Å². The van der Waals surface area contributed by atoms with Gasteiger partial charge in [0.1, 0.15) is 13.2 Å². The highest BCUT2D eigenvalue weighted by atomic mass is 16.5. The molecule has 2 aromatic carbocycles. The summed E-state index contributed by atoms with van der Waals surface area (Å²) in [5.74, 6) is -1.06. The molecule has 2 atom stereocenters.